The predicted molar refractivity (Wildman–Crippen MR) is 59.0 cm³/mol. The van der Waals surface area contributed by atoms with Crippen molar-refractivity contribution >= 4 is 5.69 Å². The van der Waals surface area contributed by atoms with Gasteiger partial charge in [-0.1, -0.05) is 6.58 Å². The molecule has 1 atom stereocenters. The third-order valence-corrected chi connectivity index (χ3v) is 1.98. The number of nitriles is 1. The molecule has 0 aromatic heterocycles. The second kappa shape index (κ2) is 4.61. The van der Waals surface area contributed by atoms with E-state index < -0.39 is 6.04 Å². The minimum atomic E-state index is -0.480. The maximum atomic E-state index is 13.0. The maximum Gasteiger partial charge on any atom is 0.135 e. The van der Waals surface area contributed by atoms with Gasteiger partial charge in [0.05, 0.1) is 6.07 Å². The first-order valence-corrected chi connectivity index (χ1v) is 4.61. The standard InChI is InChI=1S/C12H13FN2/c1-8(2)12(7-14)15-11-5-9(3)4-10(13)6-11/h4-6,12,15H,1H2,2-3H3. The fourth-order valence-electron chi connectivity index (χ4n) is 1.25. The molecule has 1 aromatic rings. The number of aryl methyl sites for hydroxylation is 1. The van der Waals surface area contributed by atoms with Gasteiger partial charge in [0.1, 0.15) is 11.9 Å². The Labute approximate surface area is 89.0 Å². The maximum absolute atomic E-state index is 13.0. The molecule has 0 saturated heterocycles. The molecule has 0 saturated carbocycles. The molecule has 0 spiro atoms. The molecule has 3 heteroatoms. The van der Waals surface area contributed by atoms with E-state index in [0.29, 0.717) is 11.3 Å². The van der Waals surface area contributed by atoms with E-state index >= 15 is 0 Å². The van der Waals surface area contributed by atoms with Gasteiger partial charge in [-0.25, -0.2) is 4.39 Å². The molecular formula is C12H13FN2. The lowest BCUT2D eigenvalue weighted by Crippen LogP contribution is -2.18. The zero-order chi connectivity index (χ0) is 11.4. The van der Waals surface area contributed by atoms with E-state index in [2.05, 4.69) is 18.0 Å². The van der Waals surface area contributed by atoms with Crippen LogP contribution in [0.15, 0.2) is 30.4 Å². The number of rotatable bonds is 3. The fraction of sp³-hybridized carbons (Fsp3) is 0.250. The van der Waals surface area contributed by atoms with Gasteiger partial charge in [0.2, 0.25) is 0 Å². The SMILES string of the molecule is C=C(C)C(C#N)Nc1cc(C)cc(F)c1. The number of nitrogens with one attached hydrogen (secondary N) is 1. The van der Waals surface area contributed by atoms with Gasteiger partial charge >= 0.3 is 0 Å². The largest absolute Gasteiger partial charge is 0.366 e. The first kappa shape index (κ1) is 11.3. The summed E-state index contributed by atoms with van der Waals surface area (Å²) in [5.74, 6) is -0.309. The number of benzene rings is 1. The van der Waals surface area contributed by atoms with Crippen LogP contribution in [0.1, 0.15) is 12.5 Å². The van der Waals surface area contributed by atoms with E-state index in [0.717, 1.165) is 5.56 Å². The van der Waals surface area contributed by atoms with Gasteiger partial charge < -0.3 is 5.32 Å². The van der Waals surface area contributed by atoms with Gasteiger partial charge in [0.15, 0.2) is 0 Å². The Morgan fingerprint density at radius 2 is 2.20 bits per heavy atom. The summed E-state index contributed by atoms with van der Waals surface area (Å²) in [4.78, 5) is 0. The summed E-state index contributed by atoms with van der Waals surface area (Å²) in [7, 11) is 0. The van der Waals surface area contributed by atoms with Crippen LogP contribution in [0.5, 0.6) is 0 Å². The lowest BCUT2D eigenvalue weighted by Gasteiger charge is -2.13. The van der Waals surface area contributed by atoms with Gasteiger partial charge in [-0.2, -0.15) is 5.26 Å². The van der Waals surface area contributed by atoms with Crippen LogP contribution in [-0.4, -0.2) is 6.04 Å². The van der Waals surface area contributed by atoms with Crippen molar-refractivity contribution in [1.82, 2.24) is 0 Å². The van der Waals surface area contributed by atoms with E-state index in [9.17, 15) is 4.39 Å². The molecule has 1 rings (SSSR count). The van der Waals surface area contributed by atoms with E-state index in [-0.39, 0.29) is 5.82 Å². The van der Waals surface area contributed by atoms with Crippen molar-refractivity contribution in [2.45, 2.75) is 19.9 Å². The van der Waals surface area contributed by atoms with Crippen LogP contribution >= 0.6 is 0 Å². The summed E-state index contributed by atoms with van der Waals surface area (Å²) in [6, 6.07) is 6.16. The molecule has 15 heavy (non-hydrogen) atoms. The average Bonchev–Trinajstić information content (AvgIpc) is 2.12. The average molecular weight is 204 g/mol. The Kier molecular flexibility index (Phi) is 3.46. The Hall–Kier alpha value is -1.82. The molecule has 2 nitrogen and oxygen atoms in total. The molecule has 0 heterocycles. The highest BCUT2D eigenvalue weighted by Gasteiger charge is 2.08. The van der Waals surface area contributed by atoms with Gasteiger partial charge in [-0.05, 0) is 43.2 Å². The van der Waals surface area contributed by atoms with E-state index in [1.165, 1.54) is 12.1 Å². The van der Waals surface area contributed by atoms with E-state index in [1.807, 2.05) is 0 Å². The molecule has 0 aliphatic carbocycles. The van der Waals surface area contributed by atoms with Crippen LogP contribution in [0.25, 0.3) is 0 Å². The van der Waals surface area contributed by atoms with Gasteiger partial charge in [0, 0.05) is 5.69 Å². The summed E-state index contributed by atoms with van der Waals surface area (Å²) in [6.07, 6.45) is 0. The van der Waals surface area contributed by atoms with Crippen molar-refractivity contribution in [2.75, 3.05) is 5.32 Å². The second-order valence-electron chi connectivity index (χ2n) is 3.57. The van der Waals surface area contributed by atoms with Crippen LogP contribution in [-0.2, 0) is 0 Å². The summed E-state index contributed by atoms with van der Waals surface area (Å²) in [5, 5.41) is 11.7. The van der Waals surface area contributed by atoms with Crippen molar-refractivity contribution < 1.29 is 4.39 Å². The predicted octanol–water partition coefficient (Wildman–Crippen LogP) is 3.01. The Balaban J connectivity index is 2.89. The highest BCUT2D eigenvalue weighted by Crippen LogP contribution is 2.15. The summed E-state index contributed by atoms with van der Waals surface area (Å²) in [5.41, 5.74) is 2.12. The number of nitrogens with zero attached hydrogens (tertiary/aromatic N) is 1. The zero-order valence-corrected chi connectivity index (χ0v) is 8.84. The highest BCUT2D eigenvalue weighted by molar-refractivity contribution is 5.49. The molecule has 0 amide bonds. The number of anilines is 1. The lowest BCUT2D eigenvalue weighted by atomic mass is 10.1. The lowest BCUT2D eigenvalue weighted by molar-refractivity contribution is 0.627. The first-order valence-electron chi connectivity index (χ1n) is 4.61. The highest BCUT2D eigenvalue weighted by atomic mass is 19.1. The van der Waals surface area contributed by atoms with Crippen LogP contribution in [0.3, 0.4) is 0 Å². The minimum Gasteiger partial charge on any atom is -0.366 e. The third kappa shape index (κ3) is 3.10. The Bertz CT molecular complexity index is 398. The monoisotopic (exact) mass is 204 g/mol. The van der Waals surface area contributed by atoms with Gasteiger partial charge in [-0.15, -0.1) is 0 Å². The zero-order valence-electron chi connectivity index (χ0n) is 8.84. The Morgan fingerprint density at radius 1 is 1.53 bits per heavy atom. The molecule has 0 bridgehead atoms. The first-order chi connectivity index (χ1) is 7.02. The topological polar surface area (TPSA) is 35.8 Å². The molecule has 1 aromatic carbocycles. The molecular weight excluding hydrogens is 191 g/mol. The van der Waals surface area contributed by atoms with Crippen LogP contribution < -0.4 is 5.32 Å². The number of halogens is 1. The smallest absolute Gasteiger partial charge is 0.135 e. The fourth-order valence-corrected chi connectivity index (χ4v) is 1.25. The summed E-state index contributed by atoms with van der Waals surface area (Å²) < 4.78 is 13.0. The molecule has 1 N–H and O–H groups in total. The van der Waals surface area contributed by atoms with E-state index in [1.54, 1.807) is 19.9 Å². The van der Waals surface area contributed by atoms with Crippen molar-refractivity contribution in [3.63, 3.8) is 0 Å². The van der Waals surface area contributed by atoms with Gasteiger partial charge in [-0.3, -0.25) is 0 Å². The Morgan fingerprint density at radius 3 is 2.67 bits per heavy atom. The van der Waals surface area contributed by atoms with Crippen molar-refractivity contribution in [2.24, 2.45) is 0 Å². The summed E-state index contributed by atoms with van der Waals surface area (Å²) in [6.45, 7) is 7.25. The minimum absolute atomic E-state index is 0.309. The van der Waals surface area contributed by atoms with Gasteiger partial charge in [0.25, 0.3) is 0 Å². The molecule has 0 radical (unpaired) electrons. The van der Waals surface area contributed by atoms with E-state index in [4.69, 9.17) is 5.26 Å². The van der Waals surface area contributed by atoms with Crippen LogP contribution in [0.2, 0.25) is 0 Å². The third-order valence-electron chi connectivity index (χ3n) is 1.98. The molecule has 0 aliphatic rings. The van der Waals surface area contributed by atoms with Crippen molar-refractivity contribution in [3.05, 3.63) is 41.7 Å². The molecule has 0 fully saturated rings. The normalized spacial score (nSPS) is 11.6. The molecule has 78 valence electrons. The van der Waals surface area contributed by atoms with Crippen LogP contribution in [0, 0.1) is 24.1 Å². The van der Waals surface area contributed by atoms with Crippen molar-refractivity contribution in [3.8, 4) is 6.07 Å². The number of hydrogen-bond donors (Lipinski definition) is 1. The second-order valence-corrected chi connectivity index (χ2v) is 3.57. The van der Waals surface area contributed by atoms with Crippen LogP contribution in [0.4, 0.5) is 10.1 Å². The molecule has 0 aliphatic heterocycles. The summed E-state index contributed by atoms with van der Waals surface area (Å²) >= 11 is 0. The molecule has 1 unspecified atom stereocenters. The quantitative estimate of drug-likeness (QED) is 0.768. The number of hydrogen-bond acceptors (Lipinski definition) is 2. The van der Waals surface area contributed by atoms with Crippen molar-refractivity contribution in [1.29, 1.82) is 5.26 Å².